The number of hydrogen-bond donors (Lipinski definition) is 0. The first kappa shape index (κ1) is 23.7. The molecule has 0 aliphatic carbocycles. The van der Waals surface area contributed by atoms with Gasteiger partial charge in [-0.3, -0.25) is 4.98 Å². The predicted octanol–water partition coefficient (Wildman–Crippen LogP) is 4.56. The van der Waals surface area contributed by atoms with E-state index in [0.717, 1.165) is 11.1 Å². The number of fused-ring (bicyclic) bond motifs is 1. The van der Waals surface area contributed by atoms with E-state index in [1.54, 1.807) is 29.3 Å². The lowest BCUT2D eigenvalue weighted by molar-refractivity contribution is 0.0600. The topological polar surface area (TPSA) is 105 Å². The van der Waals surface area contributed by atoms with Crippen LogP contribution in [-0.4, -0.2) is 45.9 Å². The fraction of sp³-hybridized carbons (Fsp3) is 0.107. The van der Waals surface area contributed by atoms with Crippen LogP contribution in [0.4, 0.5) is 0 Å². The van der Waals surface area contributed by atoms with Gasteiger partial charge in [-0.2, -0.15) is 5.10 Å². The molecule has 0 aliphatic rings. The van der Waals surface area contributed by atoms with Crippen LogP contribution in [0.2, 0.25) is 0 Å². The Balaban J connectivity index is 1.57. The average Bonchev–Trinajstić information content (AvgIpc) is 3.35. The number of nitrogens with zero attached hydrogens (tertiary/aromatic N) is 4. The molecule has 0 saturated heterocycles. The van der Waals surface area contributed by atoms with Crippen LogP contribution < -0.4 is 9.47 Å². The molecule has 5 rings (SSSR count). The molecule has 0 radical (unpaired) electrons. The van der Waals surface area contributed by atoms with E-state index in [1.165, 1.54) is 32.4 Å². The first-order valence-electron chi connectivity index (χ1n) is 11.4. The number of rotatable bonds is 7. The fourth-order valence-electron chi connectivity index (χ4n) is 3.90. The zero-order valence-corrected chi connectivity index (χ0v) is 20.1. The molecule has 3 heterocycles. The molecule has 0 bridgehead atoms. The molecule has 3 aromatic heterocycles. The van der Waals surface area contributed by atoms with Crippen molar-refractivity contribution in [1.29, 1.82) is 0 Å². The van der Waals surface area contributed by atoms with Crippen LogP contribution in [0.3, 0.4) is 0 Å². The highest BCUT2D eigenvalue weighted by Crippen LogP contribution is 2.31. The van der Waals surface area contributed by atoms with E-state index in [1.807, 2.05) is 42.5 Å². The number of pyridine rings is 2. The summed E-state index contributed by atoms with van der Waals surface area (Å²) in [6.45, 7) is 0.453. The second-order valence-electron chi connectivity index (χ2n) is 8.06. The first-order valence-corrected chi connectivity index (χ1v) is 11.4. The summed E-state index contributed by atoms with van der Waals surface area (Å²) in [5.74, 6) is -0.757. The van der Waals surface area contributed by atoms with Gasteiger partial charge in [-0.15, -0.1) is 0 Å². The Morgan fingerprint density at radius 3 is 2.41 bits per heavy atom. The Morgan fingerprint density at radius 2 is 1.68 bits per heavy atom. The van der Waals surface area contributed by atoms with Crippen LogP contribution in [0.25, 0.3) is 22.3 Å². The van der Waals surface area contributed by atoms with Crippen molar-refractivity contribution in [2.24, 2.45) is 0 Å². The SMILES string of the molecule is COC(=O)c1ccc(OC(=O)c2cc(-c3ccccc3)nc3c2cnn3Cc2ccncc2)c(OC)c1. The van der Waals surface area contributed by atoms with Crippen LogP contribution in [0.1, 0.15) is 26.3 Å². The zero-order valence-electron chi connectivity index (χ0n) is 20.1. The standard InChI is InChI=1S/C28H22N4O5/c1-35-25-14-20(27(33)36-2)8-9-24(25)37-28(34)21-15-23(19-6-4-3-5-7-19)31-26-22(21)16-30-32(26)17-18-10-12-29-13-11-18/h3-16H,17H2,1-2H3. The van der Waals surface area contributed by atoms with Crippen molar-refractivity contribution in [2.45, 2.75) is 6.54 Å². The molecule has 2 aromatic carbocycles. The van der Waals surface area contributed by atoms with E-state index in [4.69, 9.17) is 19.2 Å². The number of hydrogen-bond acceptors (Lipinski definition) is 8. The van der Waals surface area contributed by atoms with Crippen molar-refractivity contribution in [2.75, 3.05) is 14.2 Å². The molecular formula is C28H22N4O5. The maximum Gasteiger partial charge on any atom is 0.344 e. The summed E-state index contributed by atoms with van der Waals surface area (Å²) in [7, 11) is 2.71. The second kappa shape index (κ2) is 10.3. The summed E-state index contributed by atoms with van der Waals surface area (Å²) in [6, 6.07) is 19.5. The monoisotopic (exact) mass is 494 g/mol. The minimum absolute atomic E-state index is 0.163. The largest absolute Gasteiger partial charge is 0.493 e. The van der Waals surface area contributed by atoms with Crippen molar-refractivity contribution < 1.29 is 23.8 Å². The Kier molecular flexibility index (Phi) is 6.58. The van der Waals surface area contributed by atoms with Gasteiger partial charge in [0.1, 0.15) is 0 Å². The highest BCUT2D eigenvalue weighted by molar-refractivity contribution is 6.04. The van der Waals surface area contributed by atoms with Crippen molar-refractivity contribution in [3.05, 3.63) is 102 Å². The van der Waals surface area contributed by atoms with E-state index < -0.39 is 11.9 Å². The number of benzene rings is 2. The quantitative estimate of drug-likeness (QED) is 0.240. The minimum atomic E-state index is -0.614. The molecule has 0 saturated carbocycles. The summed E-state index contributed by atoms with van der Waals surface area (Å²) in [5, 5.41) is 5.04. The maximum absolute atomic E-state index is 13.5. The number of methoxy groups -OCH3 is 2. The third kappa shape index (κ3) is 4.87. The first-order chi connectivity index (χ1) is 18.1. The molecule has 9 heteroatoms. The summed E-state index contributed by atoms with van der Waals surface area (Å²) in [6.07, 6.45) is 5.03. The molecule has 0 N–H and O–H groups in total. The van der Waals surface area contributed by atoms with Gasteiger partial charge in [0.15, 0.2) is 17.1 Å². The molecule has 9 nitrogen and oxygen atoms in total. The van der Waals surface area contributed by atoms with Gasteiger partial charge in [-0.1, -0.05) is 30.3 Å². The second-order valence-corrected chi connectivity index (χ2v) is 8.06. The van der Waals surface area contributed by atoms with Gasteiger partial charge in [0.05, 0.1) is 49.2 Å². The number of carbonyl (C=O) groups is 2. The molecular weight excluding hydrogens is 472 g/mol. The van der Waals surface area contributed by atoms with Crippen molar-refractivity contribution in [3.63, 3.8) is 0 Å². The van der Waals surface area contributed by atoms with Crippen LogP contribution in [-0.2, 0) is 11.3 Å². The van der Waals surface area contributed by atoms with E-state index in [2.05, 4.69) is 10.1 Å². The minimum Gasteiger partial charge on any atom is -0.493 e. The molecule has 184 valence electrons. The highest BCUT2D eigenvalue weighted by atomic mass is 16.6. The van der Waals surface area contributed by atoms with E-state index in [9.17, 15) is 9.59 Å². The smallest absolute Gasteiger partial charge is 0.344 e. The van der Waals surface area contributed by atoms with E-state index in [-0.39, 0.29) is 17.1 Å². The van der Waals surface area contributed by atoms with Gasteiger partial charge in [-0.05, 0) is 42.0 Å². The molecule has 37 heavy (non-hydrogen) atoms. The molecule has 5 aromatic rings. The van der Waals surface area contributed by atoms with Crippen LogP contribution in [0.5, 0.6) is 11.5 Å². The van der Waals surface area contributed by atoms with Crippen molar-refractivity contribution in [3.8, 4) is 22.8 Å². The lowest BCUT2D eigenvalue weighted by Gasteiger charge is -2.12. The van der Waals surface area contributed by atoms with Gasteiger partial charge in [0.25, 0.3) is 0 Å². The van der Waals surface area contributed by atoms with Gasteiger partial charge in [0.2, 0.25) is 0 Å². The third-order valence-corrected chi connectivity index (χ3v) is 5.77. The number of esters is 2. The summed E-state index contributed by atoms with van der Waals surface area (Å²) < 4.78 is 17.6. The molecule has 0 amide bonds. The zero-order chi connectivity index (χ0) is 25.8. The summed E-state index contributed by atoms with van der Waals surface area (Å²) in [4.78, 5) is 34.2. The van der Waals surface area contributed by atoms with Crippen LogP contribution in [0, 0.1) is 0 Å². The summed E-state index contributed by atoms with van der Waals surface area (Å²) in [5.41, 5.74) is 3.54. The normalized spacial score (nSPS) is 10.8. The molecule has 0 unspecified atom stereocenters. The van der Waals surface area contributed by atoms with E-state index in [0.29, 0.717) is 28.8 Å². The Morgan fingerprint density at radius 1 is 0.892 bits per heavy atom. The van der Waals surface area contributed by atoms with Gasteiger partial charge in [0, 0.05) is 18.0 Å². The Labute approximate surface area is 212 Å². The highest BCUT2D eigenvalue weighted by Gasteiger charge is 2.21. The predicted molar refractivity (Wildman–Crippen MR) is 136 cm³/mol. The van der Waals surface area contributed by atoms with Crippen molar-refractivity contribution in [1.82, 2.24) is 19.7 Å². The number of aromatic nitrogens is 4. The fourth-order valence-corrected chi connectivity index (χ4v) is 3.90. The molecule has 0 atom stereocenters. The van der Waals surface area contributed by atoms with Crippen molar-refractivity contribution >= 4 is 23.0 Å². The average molecular weight is 495 g/mol. The lowest BCUT2D eigenvalue weighted by atomic mass is 10.1. The lowest BCUT2D eigenvalue weighted by Crippen LogP contribution is -2.12. The maximum atomic E-state index is 13.5. The molecule has 0 aliphatic heterocycles. The molecule has 0 fully saturated rings. The number of carbonyl (C=O) groups excluding carboxylic acids is 2. The Bertz CT molecular complexity index is 1580. The van der Waals surface area contributed by atoms with Gasteiger partial charge in [-0.25, -0.2) is 19.3 Å². The van der Waals surface area contributed by atoms with Crippen LogP contribution in [0.15, 0.2) is 85.3 Å². The summed E-state index contributed by atoms with van der Waals surface area (Å²) >= 11 is 0. The van der Waals surface area contributed by atoms with E-state index >= 15 is 0 Å². The molecule has 0 spiro atoms. The van der Waals surface area contributed by atoms with Gasteiger partial charge >= 0.3 is 11.9 Å². The number of ether oxygens (including phenoxy) is 3. The third-order valence-electron chi connectivity index (χ3n) is 5.77. The Hall–Kier alpha value is -5.05. The van der Waals surface area contributed by atoms with Crippen LogP contribution >= 0.6 is 0 Å². The van der Waals surface area contributed by atoms with Gasteiger partial charge < -0.3 is 14.2 Å².